The number of nitrogens with two attached hydrogens (primary N) is 1. The van der Waals surface area contributed by atoms with Crippen molar-refractivity contribution in [3.63, 3.8) is 0 Å². The topological polar surface area (TPSA) is 81.4 Å². The average molecular weight is 262 g/mol. The Hall–Kier alpha value is -2.04. The zero-order valence-corrected chi connectivity index (χ0v) is 10.9. The molecule has 1 fully saturated rings. The zero-order chi connectivity index (χ0) is 13.8. The molecule has 1 amide bonds. The van der Waals surface area contributed by atoms with Crippen molar-refractivity contribution in [1.29, 1.82) is 0 Å². The molecule has 1 aromatic rings. The Morgan fingerprint density at radius 3 is 2.95 bits per heavy atom. The number of nitrogen functional groups attached to an aromatic ring is 1. The van der Waals surface area contributed by atoms with Gasteiger partial charge >= 0.3 is 5.97 Å². The first-order chi connectivity index (χ1) is 9.08. The Bertz CT molecular complexity index is 499. The van der Waals surface area contributed by atoms with Gasteiger partial charge in [-0.3, -0.25) is 4.79 Å². The van der Waals surface area contributed by atoms with Crippen molar-refractivity contribution in [3.8, 4) is 0 Å². The highest BCUT2D eigenvalue weighted by atomic mass is 16.5. The Kier molecular flexibility index (Phi) is 4.04. The smallest absolute Gasteiger partial charge is 0.339 e. The van der Waals surface area contributed by atoms with Crippen LogP contribution in [0.1, 0.15) is 35.2 Å². The lowest BCUT2D eigenvalue weighted by molar-refractivity contribution is -0.129. The summed E-state index contributed by atoms with van der Waals surface area (Å²) >= 11 is 0. The summed E-state index contributed by atoms with van der Waals surface area (Å²) in [7, 11) is 0. The second kappa shape index (κ2) is 5.73. The van der Waals surface area contributed by atoms with Crippen LogP contribution in [0.25, 0.3) is 0 Å². The normalized spacial score (nSPS) is 19.4. The fourth-order valence-corrected chi connectivity index (χ4v) is 2.13. The number of ether oxygens (including phenoxy) is 1. The number of nitrogens with one attached hydrogen (secondary N) is 1. The van der Waals surface area contributed by atoms with Crippen LogP contribution in [-0.2, 0) is 9.53 Å². The van der Waals surface area contributed by atoms with Crippen LogP contribution >= 0.6 is 0 Å². The van der Waals surface area contributed by atoms with E-state index in [2.05, 4.69) is 5.32 Å². The van der Waals surface area contributed by atoms with Crippen LogP contribution in [0.3, 0.4) is 0 Å². The number of hydrogen-bond donors (Lipinski definition) is 2. The van der Waals surface area contributed by atoms with Crippen molar-refractivity contribution in [1.82, 2.24) is 5.32 Å². The van der Waals surface area contributed by atoms with Crippen LogP contribution in [0.2, 0.25) is 0 Å². The van der Waals surface area contributed by atoms with Gasteiger partial charge in [0.1, 0.15) is 0 Å². The first-order valence-electron chi connectivity index (χ1n) is 6.43. The molecule has 0 aromatic heterocycles. The summed E-state index contributed by atoms with van der Waals surface area (Å²) in [4.78, 5) is 23.8. The van der Waals surface area contributed by atoms with Gasteiger partial charge < -0.3 is 15.8 Å². The second-order valence-electron chi connectivity index (χ2n) is 4.76. The molecule has 1 heterocycles. The third-order valence-electron chi connectivity index (χ3n) is 3.20. The Balaban J connectivity index is 2.09. The number of hydrogen-bond acceptors (Lipinski definition) is 4. The van der Waals surface area contributed by atoms with Crippen LogP contribution in [0.5, 0.6) is 0 Å². The highest BCUT2D eigenvalue weighted by molar-refractivity contribution is 5.94. The fourth-order valence-electron chi connectivity index (χ4n) is 2.13. The van der Waals surface area contributed by atoms with E-state index in [1.807, 2.05) is 0 Å². The minimum atomic E-state index is -0.688. The first kappa shape index (κ1) is 13.4. The van der Waals surface area contributed by atoms with Crippen molar-refractivity contribution in [2.45, 2.75) is 32.3 Å². The van der Waals surface area contributed by atoms with Gasteiger partial charge in [0.25, 0.3) is 5.91 Å². The van der Waals surface area contributed by atoms with Gasteiger partial charge in [-0.2, -0.15) is 0 Å². The third-order valence-corrected chi connectivity index (χ3v) is 3.20. The van der Waals surface area contributed by atoms with Crippen LogP contribution in [0.15, 0.2) is 18.2 Å². The largest absolute Gasteiger partial charge is 0.449 e. The molecule has 1 atom stereocenters. The number of aryl methyl sites for hydroxylation is 1. The van der Waals surface area contributed by atoms with Gasteiger partial charge in [0.2, 0.25) is 0 Å². The van der Waals surface area contributed by atoms with Gasteiger partial charge in [-0.25, -0.2) is 4.79 Å². The minimum absolute atomic E-state index is 0.209. The molecule has 1 aliphatic heterocycles. The molecule has 1 aromatic carbocycles. The molecule has 0 radical (unpaired) electrons. The van der Waals surface area contributed by atoms with Crippen molar-refractivity contribution in [2.75, 3.05) is 12.3 Å². The molecule has 0 aliphatic carbocycles. The highest BCUT2D eigenvalue weighted by Crippen LogP contribution is 2.16. The minimum Gasteiger partial charge on any atom is -0.449 e. The van der Waals surface area contributed by atoms with Crippen molar-refractivity contribution in [2.24, 2.45) is 0 Å². The number of amides is 1. The molecule has 5 nitrogen and oxygen atoms in total. The van der Waals surface area contributed by atoms with Crippen molar-refractivity contribution >= 4 is 17.6 Å². The fraction of sp³-hybridized carbons (Fsp3) is 0.429. The van der Waals surface area contributed by atoms with Gasteiger partial charge in [-0.05, 0) is 49.9 Å². The van der Waals surface area contributed by atoms with E-state index < -0.39 is 12.1 Å². The van der Waals surface area contributed by atoms with E-state index in [-0.39, 0.29) is 5.91 Å². The van der Waals surface area contributed by atoms with Crippen molar-refractivity contribution in [3.05, 3.63) is 29.3 Å². The predicted octanol–water partition coefficient (Wildman–Crippen LogP) is 1.40. The summed E-state index contributed by atoms with van der Waals surface area (Å²) < 4.78 is 5.30. The SMILES string of the molecule is Cc1cc(N)ccc1C(=O)OC1CCCCNC1=O. The molecule has 102 valence electrons. The van der Waals surface area contributed by atoms with Gasteiger partial charge in [-0.1, -0.05) is 0 Å². The summed E-state index contributed by atoms with van der Waals surface area (Å²) in [6, 6.07) is 4.99. The summed E-state index contributed by atoms with van der Waals surface area (Å²) in [6.45, 7) is 2.44. The molecule has 1 aliphatic rings. The summed E-state index contributed by atoms with van der Waals surface area (Å²) in [5, 5.41) is 2.74. The monoisotopic (exact) mass is 262 g/mol. The molecule has 5 heteroatoms. The number of esters is 1. The summed E-state index contributed by atoms with van der Waals surface area (Å²) in [5.74, 6) is -0.682. The molecular weight excluding hydrogens is 244 g/mol. The lowest BCUT2D eigenvalue weighted by Gasteiger charge is -2.15. The van der Waals surface area contributed by atoms with Gasteiger partial charge in [0.15, 0.2) is 6.10 Å². The third kappa shape index (κ3) is 3.24. The first-order valence-corrected chi connectivity index (χ1v) is 6.43. The predicted molar refractivity (Wildman–Crippen MR) is 71.7 cm³/mol. The maximum absolute atomic E-state index is 12.1. The van der Waals surface area contributed by atoms with Gasteiger partial charge in [0, 0.05) is 12.2 Å². The van der Waals surface area contributed by atoms with E-state index in [1.165, 1.54) is 0 Å². The number of anilines is 1. The van der Waals surface area contributed by atoms with E-state index in [0.29, 0.717) is 24.2 Å². The number of carbonyl (C=O) groups is 2. The molecule has 0 bridgehead atoms. The number of rotatable bonds is 2. The molecule has 3 N–H and O–H groups in total. The van der Waals surface area contributed by atoms with Crippen LogP contribution in [0.4, 0.5) is 5.69 Å². The lowest BCUT2D eigenvalue weighted by atomic mass is 10.1. The lowest BCUT2D eigenvalue weighted by Crippen LogP contribution is -2.36. The standard InChI is InChI=1S/C14H18N2O3/c1-9-8-10(15)5-6-11(9)14(18)19-12-4-2-3-7-16-13(12)17/h5-6,8,12H,2-4,7,15H2,1H3,(H,16,17). The van der Waals surface area contributed by atoms with Crippen LogP contribution in [-0.4, -0.2) is 24.5 Å². The van der Waals surface area contributed by atoms with E-state index in [9.17, 15) is 9.59 Å². The molecule has 2 rings (SSSR count). The van der Waals surface area contributed by atoms with E-state index >= 15 is 0 Å². The molecule has 1 unspecified atom stereocenters. The van der Waals surface area contributed by atoms with Gasteiger partial charge in [0.05, 0.1) is 5.56 Å². The molecule has 0 spiro atoms. The molecule has 0 saturated carbocycles. The average Bonchev–Trinajstić information content (AvgIpc) is 2.55. The number of benzene rings is 1. The zero-order valence-electron chi connectivity index (χ0n) is 10.9. The van der Waals surface area contributed by atoms with Crippen LogP contribution < -0.4 is 11.1 Å². The maximum Gasteiger partial charge on any atom is 0.339 e. The summed E-state index contributed by atoms with van der Waals surface area (Å²) in [6.07, 6.45) is 1.68. The Labute approximate surface area is 112 Å². The number of carbonyl (C=O) groups excluding carboxylic acids is 2. The Morgan fingerprint density at radius 1 is 1.42 bits per heavy atom. The second-order valence-corrected chi connectivity index (χ2v) is 4.76. The molecular formula is C14H18N2O3. The maximum atomic E-state index is 12.1. The van der Waals surface area contributed by atoms with Crippen LogP contribution in [0, 0.1) is 6.92 Å². The highest BCUT2D eigenvalue weighted by Gasteiger charge is 2.25. The van der Waals surface area contributed by atoms with Gasteiger partial charge in [-0.15, -0.1) is 0 Å². The van der Waals surface area contributed by atoms with E-state index in [1.54, 1.807) is 25.1 Å². The Morgan fingerprint density at radius 2 is 2.21 bits per heavy atom. The van der Waals surface area contributed by atoms with Crippen molar-refractivity contribution < 1.29 is 14.3 Å². The molecule has 1 saturated heterocycles. The van der Waals surface area contributed by atoms with E-state index in [0.717, 1.165) is 18.4 Å². The molecule has 19 heavy (non-hydrogen) atoms. The summed E-state index contributed by atoms with van der Waals surface area (Å²) in [5.41, 5.74) is 7.44. The van der Waals surface area contributed by atoms with E-state index in [4.69, 9.17) is 10.5 Å². The quantitative estimate of drug-likeness (QED) is 0.623.